The number of carbonyl (C=O) groups is 1. The second-order valence-corrected chi connectivity index (χ2v) is 5.56. The predicted molar refractivity (Wildman–Crippen MR) is 73.8 cm³/mol. The summed E-state index contributed by atoms with van der Waals surface area (Å²) < 4.78 is 46.0. The molecule has 1 aromatic carbocycles. The van der Waals surface area contributed by atoms with Crippen molar-refractivity contribution in [3.63, 3.8) is 0 Å². The number of carbonyl (C=O) groups excluding carboxylic acids is 1. The molecule has 1 aromatic rings. The molecule has 1 rings (SSSR count). The van der Waals surface area contributed by atoms with Gasteiger partial charge in [-0.2, -0.15) is 0 Å². The molecule has 21 heavy (non-hydrogen) atoms. The van der Waals surface area contributed by atoms with Crippen molar-refractivity contribution in [2.24, 2.45) is 5.73 Å². The molecule has 3 N–H and O–H groups in total. The summed E-state index contributed by atoms with van der Waals surface area (Å²) in [6.07, 6.45) is -1.48. The van der Waals surface area contributed by atoms with E-state index in [1.54, 1.807) is 20.8 Å². The molecule has 0 aromatic heterocycles. The van der Waals surface area contributed by atoms with Crippen LogP contribution in [0.2, 0.25) is 0 Å². The normalized spacial score (nSPS) is 12.1. The van der Waals surface area contributed by atoms with E-state index in [2.05, 4.69) is 5.32 Å². The zero-order valence-corrected chi connectivity index (χ0v) is 12.2. The van der Waals surface area contributed by atoms with Crippen LogP contribution in [0.4, 0.5) is 23.7 Å². The van der Waals surface area contributed by atoms with Crippen molar-refractivity contribution in [3.8, 4) is 0 Å². The van der Waals surface area contributed by atoms with Gasteiger partial charge < -0.3 is 10.5 Å². The molecule has 0 aliphatic rings. The van der Waals surface area contributed by atoms with Gasteiger partial charge in [0.05, 0.1) is 5.56 Å². The maximum absolute atomic E-state index is 13.7. The Morgan fingerprint density at radius 1 is 1.33 bits per heavy atom. The van der Waals surface area contributed by atoms with E-state index in [9.17, 15) is 18.0 Å². The number of nitrogens with one attached hydrogen (secondary N) is 1. The molecule has 1 amide bonds. The zero-order chi connectivity index (χ0) is 16.3. The number of benzene rings is 1. The molecule has 0 unspecified atom stereocenters. The van der Waals surface area contributed by atoms with Crippen molar-refractivity contribution < 1.29 is 22.7 Å². The Labute approximate surface area is 121 Å². The van der Waals surface area contributed by atoms with Crippen LogP contribution < -0.4 is 11.1 Å². The Kier molecular flexibility index (Phi) is 5.22. The highest BCUT2D eigenvalue weighted by molar-refractivity contribution is 5.85. The third-order valence-corrected chi connectivity index (χ3v) is 2.46. The maximum Gasteiger partial charge on any atom is 0.412 e. The number of amides is 1. The van der Waals surface area contributed by atoms with E-state index in [1.165, 1.54) is 6.07 Å². The first-order valence-electron chi connectivity index (χ1n) is 6.43. The van der Waals surface area contributed by atoms with Crippen molar-refractivity contribution >= 4 is 11.8 Å². The van der Waals surface area contributed by atoms with Crippen LogP contribution in [0.25, 0.3) is 0 Å². The highest BCUT2D eigenvalue weighted by atomic mass is 19.3. The van der Waals surface area contributed by atoms with Crippen LogP contribution in [0.1, 0.15) is 32.8 Å². The fraction of sp³-hybridized carbons (Fsp3) is 0.500. The summed E-state index contributed by atoms with van der Waals surface area (Å²) >= 11 is 0. The molecule has 0 aliphatic heterocycles. The van der Waals surface area contributed by atoms with Gasteiger partial charge in [-0.25, -0.2) is 18.0 Å². The molecule has 0 heterocycles. The Morgan fingerprint density at radius 3 is 2.48 bits per heavy atom. The van der Waals surface area contributed by atoms with Crippen molar-refractivity contribution in [1.29, 1.82) is 0 Å². The lowest BCUT2D eigenvalue weighted by molar-refractivity contribution is -0.0140. The van der Waals surface area contributed by atoms with Crippen LogP contribution in [0.3, 0.4) is 0 Å². The van der Waals surface area contributed by atoms with Gasteiger partial charge in [0, 0.05) is 12.1 Å². The Bertz CT molecular complexity index is 513. The topological polar surface area (TPSA) is 64.3 Å². The lowest BCUT2D eigenvalue weighted by Gasteiger charge is -2.21. The summed E-state index contributed by atoms with van der Waals surface area (Å²) in [4.78, 5) is 11.6. The van der Waals surface area contributed by atoms with E-state index >= 15 is 0 Å². The van der Waals surface area contributed by atoms with Gasteiger partial charge in [0.1, 0.15) is 11.4 Å². The second-order valence-electron chi connectivity index (χ2n) is 5.56. The van der Waals surface area contributed by atoms with Gasteiger partial charge in [-0.1, -0.05) is 0 Å². The van der Waals surface area contributed by atoms with Crippen molar-refractivity contribution in [2.45, 2.75) is 38.7 Å². The lowest BCUT2D eigenvalue weighted by Crippen LogP contribution is -2.27. The number of rotatable bonds is 4. The third-order valence-electron chi connectivity index (χ3n) is 2.46. The van der Waals surface area contributed by atoms with E-state index in [0.29, 0.717) is 0 Å². The molecule has 0 fully saturated rings. The van der Waals surface area contributed by atoms with Crippen LogP contribution in [0.5, 0.6) is 0 Å². The van der Waals surface area contributed by atoms with Crippen molar-refractivity contribution in [1.82, 2.24) is 0 Å². The molecule has 0 saturated carbocycles. The average molecular weight is 304 g/mol. The maximum atomic E-state index is 13.7. The third kappa shape index (κ3) is 5.26. The number of ether oxygens (including phenoxy) is 1. The van der Waals surface area contributed by atoms with Gasteiger partial charge in [0.25, 0.3) is 5.92 Å². The van der Waals surface area contributed by atoms with E-state index in [1.807, 2.05) is 0 Å². The molecule has 0 atom stereocenters. The number of anilines is 1. The monoisotopic (exact) mass is 304 g/mol. The minimum Gasteiger partial charge on any atom is -0.444 e. The summed E-state index contributed by atoms with van der Waals surface area (Å²) in [5.41, 5.74) is 3.59. The van der Waals surface area contributed by atoms with Gasteiger partial charge in [-0.3, -0.25) is 5.32 Å². The van der Waals surface area contributed by atoms with Crippen LogP contribution in [0.15, 0.2) is 18.2 Å². The summed E-state index contributed by atoms with van der Waals surface area (Å²) in [5.74, 6) is -4.45. The second kappa shape index (κ2) is 6.34. The Hall–Kier alpha value is -1.76. The fourth-order valence-electron chi connectivity index (χ4n) is 1.62. The van der Waals surface area contributed by atoms with Crippen LogP contribution in [-0.2, 0) is 10.7 Å². The van der Waals surface area contributed by atoms with E-state index in [0.717, 1.165) is 12.1 Å². The minimum atomic E-state index is -3.40. The standard InChI is InChI=1S/C14H19F3N2O2/c1-13(2,3)21-12(20)19-9-4-5-11(15)10(8-9)14(16,17)6-7-18/h4-5,8H,6-7,18H2,1-3H3,(H,19,20). The van der Waals surface area contributed by atoms with Gasteiger partial charge in [-0.05, 0) is 45.5 Å². The number of hydrogen-bond acceptors (Lipinski definition) is 3. The SMILES string of the molecule is CC(C)(C)OC(=O)Nc1ccc(F)c(C(F)(F)CCN)c1. The van der Waals surface area contributed by atoms with Gasteiger partial charge >= 0.3 is 6.09 Å². The molecular formula is C14H19F3N2O2. The molecule has 0 spiro atoms. The van der Waals surface area contributed by atoms with Gasteiger partial charge in [0.15, 0.2) is 0 Å². The van der Waals surface area contributed by atoms with Crippen LogP contribution in [0, 0.1) is 5.82 Å². The smallest absolute Gasteiger partial charge is 0.412 e. The van der Waals surface area contributed by atoms with Crippen LogP contribution >= 0.6 is 0 Å². The predicted octanol–water partition coefficient (Wildman–Crippen LogP) is 3.61. The number of nitrogens with two attached hydrogens (primary N) is 1. The summed E-state index contributed by atoms with van der Waals surface area (Å²) in [5, 5.41) is 2.29. The van der Waals surface area contributed by atoms with E-state index < -0.39 is 35.4 Å². The quantitative estimate of drug-likeness (QED) is 0.893. The highest BCUT2D eigenvalue weighted by Gasteiger charge is 2.34. The van der Waals surface area contributed by atoms with Crippen LogP contribution in [-0.4, -0.2) is 18.2 Å². The Morgan fingerprint density at radius 2 is 1.95 bits per heavy atom. The van der Waals surface area contributed by atoms with Gasteiger partial charge in [0.2, 0.25) is 0 Å². The molecule has 118 valence electrons. The Balaban J connectivity index is 2.94. The lowest BCUT2D eigenvalue weighted by atomic mass is 10.0. The molecule has 4 nitrogen and oxygen atoms in total. The molecule has 7 heteroatoms. The largest absolute Gasteiger partial charge is 0.444 e. The number of alkyl halides is 2. The summed E-state index contributed by atoms with van der Waals surface area (Å²) in [7, 11) is 0. The van der Waals surface area contributed by atoms with E-state index in [4.69, 9.17) is 10.5 Å². The number of hydrogen-bond donors (Lipinski definition) is 2. The van der Waals surface area contributed by atoms with E-state index in [-0.39, 0.29) is 12.2 Å². The first kappa shape index (κ1) is 17.3. The first-order chi connectivity index (χ1) is 9.55. The molecular weight excluding hydrogens is 285 g/mol. The summed E-state index contributed by atoms with van der Waals surface area (Å²) in [6, 6.07) is 2.93. The molecule has 0 saturated heterocycles. The molecule has 0 radical (unpaired) electrons. The summed E-state index contributed by atoms with van der Waals surface area (Å²) in [6.45, 7) is 4.71. The molecule has 0 bridgehead atoms. The van der Waals surface area contributed by atoms with Gasteiger partial charge in [-0.15, -0.1) is 0 Å². The fourth-order valence-corrected chi connectivity index (χ4v) is 1.62. The zero-order valence-electron chi connectivity index (χ0n) is 12.2. The highest BCUT2D eigenvalue weighted by Crippen LogP contribution is 2.34. The average Bonchev–Trinajstić information content (AvgIpc) is 2.28. The van der Waals surface area contributed by atoms with Crippen molar-refractivity contribution in [3.05, 3.63) is 29.6 Å². The number of halogens is 3. The molecule has 0 aliphatic carbocycles. The van der Waals surface area contributed by atoms with Crippen molar-refractivity contribution in [2.75, 3.05) is 11.9 Å². The minimum absolute atomic E-state index is 0.0253. The first-order valence-corrected chi connectivity index (χ1v) is 6.43.